The van der Waals surface area contributed by atoms with Crippen LogP contribution in [0.2, 0.25) is 0 Å². The highest BCUT2D eigenvalue weighted by atomic mass is 19.1. The highest BCUT2D eigenvalue weighted by molar-refractivity contribution is 5.95. The van der Waals surface area contributed by atoms with Crippen LogP contribution in [0.3, 0.4) is 0 Å². The standard InChI is InChI=1S/C26H20FN5O2/c27-20-10-9-16(14-22-17-5-1-2-6-18(17)25(33)30-29-22)13-19(20)26(34)31-11-12-32-23-8-4-3-7-21(23)28-24(32)15-31/h1-10,13H,11-12,14-15H2,(H,30,33). The van der Waals surface area contributed by atoms with Crippen molar-refractivity contribution >= 4 is 27.7 Å². The number of amides is 1. The number of hydrogen-bond donors (Lipinski definition) is 1. The molecule has 6 rings (SSSR count). The van der Waals surface area contributed by atoms with Crippen molar-refractivity contribution < 1.29 is 9.18 Å². The van der Waals surface area contributed by atoms with E-state index < -0.39 is 5.82 Å². The van der Waals surface area contributed by atoms with Crippen LogP contribution in [0.5, 0.6) is 0 Å². The average molecular weight is 453 g/mol. The summed E-state index contributed by atoms with van der Waals surface area (Å²) in [6, 6.07) is 19.6. The number of rotatable bonds is 3. The van der Waals surface area contributed by atoms with Crippen LogP contribution in [0.25, 0.3) is 21.8 Å². The third kappa shape index (κ3) is 3.35. The third-order valence-electron chi connectivity index (χ3n) is 6.35. The van der Waals surface area contributed by atoms with Crippen LogP contribution < -0.4 is 5.56 Å². The minimum Gasteiger partial charge on any atom is -0.329 e. The number of carbonyl (C=O) groups is 1. The lowest BCUT2D eigenvalue weighted by Crippen LogP contribution is -2.38. The van der Waals surface area contributed by atoms with Gasteiger partial charge in [-0.2, -0.15) is 5.10 Å². The van der Waals surface area contributed by atoms with Crippen LogP contribution in [-0.4, -0.2) is 37.1 Å². The van der Waals surface area contributed by atoms with E-state index in [-0.39, 0.29) is 17.0 Å². The molecule has 0 radical (unpaired) electrons. The Kier molecular flexibility index (Phi) is 4.72. The van der Waals surface area contributed by atoms with E-state index >= 15 is 0 Å². The number of fused-ring (bicyclic) bond motifs is 4. The molecule has 2 aromatic heterocycles. The monoisotopic (exact) mass is 453 g/mol. The third-order valence-corrected chi connectivity index (χ3v) is 6.35. The SMILES string of the molecule is O=C(c1cc(Cc2n[nH]c(=O)c3ccccc23)ccc1F)N1CCn2c(nc3ccccc32)C1. The van der Waals surface area contributed by atoms with Gasteiger partial charge in [0.1, 0.15) is 11.6 Å². The maximum absolute atomic E-state index is 14.8. The van der Waals surface area contributed by atoms with Gasteiger partial charge in [-0.1, -0.05) is 36.4 Å². The van der Waals surface area contributed by atoms with E-state index in [0.29, 0.717) is 37.1 Å². The maximum Gasteiger partial charge on any atom is 0.272 e. The van der Waals surface area contributed by atoms with E-state index in [2.05, 4.69) is 19.7 Å². The largest absolute Gasteiger partial charge is 0.329 e. The van der Waals surface area contributed by atoms with Crippen molar-refractivity contribution in [1.82, 2.24) is 24.6 Å². The number of aromatic nitrogens is 4. The second-order valence-electron chi connectivity index (χ2n) is 8.43. The van der Waals surface area contributed by atoms with Gasteiger partial charge in [-0.3, -0.25) is 9.59 Å². The molecular formula is C26H20FN5O2. The summed E-state index contributed by atoms with van der Waals surface area (Å²) in [5, 5.41) is 7.99. The fraction of sp³-hybridized carbons (Fsp3) is 0.154. The summed E-state index contributed by atoms with van der Waals surface area (Å²) in [6.45, 7) is 1.40. The molecule has 1 amide bonds. The van der Waals surface area contributed by atoms with Gasteiger partial charge in [-0.15, -0.1) is 0 Å². The summed E-state index contributed by atoms with van der Waals surface area (Å²) >= 11 is 0. The molecule has 0 saturated heterocycles. The number of aromatic amines is 1. The van der Waals surface area contributed by atoms with Crippen molar-refractivity contribution in [3.8, 4) is 0 Å². The molecule has 34 heavy (non-hydrogen) atoms. The number of hydrogen-bond acceptors (Lipinski definition) is 4. The van der Waals surface area contributed by atoms with Crippen LogP contribution in [0, 0.1) is 5.82 Å². The molecule has 8 heteroatoms. The van der Waals surface area contributed by atoms with Crippen molar-refractivity contribution in [2.75, 3.05) is 6.54 Å². The van der Waals surface area contributed by atoms with Crippen LogP contribution in [0.1, 0.15) is 27.4 Å². The van der Waals surface area contributed by atoms with Crippen LogP contribution in [0.15, 0.2) is 71.5 Å². The van der Waals surface area contributed by atoms with Crippen molar-refractivity contribution in [2.24, 2.45) is 0 Å². The van der Waals surface area contributed by atoms with Crippen molar-refractivity contribution in [3.63, 3.8) is 0 Å². The van der Waals surface area contributed by atoms with Gasteiger partial charge in [0.05, 0.1) is 34.2 Å². The second kappa shape index (κ2) is 7.91. The highest BCUT2D eigenvalue weighted by Gasteiger charge is 2.26. The summed E-state index contributed by atoms with van der Waals surface area (Å²) in [6.07, 6.45) is 0.355. The van der Waals surface area contributed by atoms with Crippen LogP contribution in [0.4, 0.5) is 4.39 Å². The van der Waals surface area contributed by atoms with Crippen molar-refractivity contribution in [2.45, 2.75) is 19.5 Å². The van der Waals surface area contributed by atoms with E-state index in [4.69, 9.17) is 0 Å². The smallest absolute Gasteiger partial charge is 0.272 e. The van der Waals surface area contributed by atoms with Crippen molar-refractivity contribution in [1.29, 1.82) is 0 Å². The number of benzene rings is 3. The van der Waals surface area contributed by atoms with E-state index in [0.717, 1.165) is 27.8 Å². The topological polar surface area (TPSA) is 83.9 Å². The first kappa shape index (κ1) is 20.3. The average Bonchev–Trinajstić information content (AvgIpc) is 3.24. The van der Waals surface area contributed by atoms with Gasteiger partial charge in [0.25, 0.3) is 11.5 Å². The minimum absolute atomic E-state index is 0.0239. The Bertz CT molecular complexity index is 1640. The molecule has 0 saturated carbocycles. The Morgan fingerprint density at radius 3 is 2.68 bits per heavy atom. The fourth-order valence-corrected chi connectivity index (χ4v) is 4.66. The lowest BCUT2D eigenvalue weighted by Gasteiger charge is -2.28. The van der Waals surface area contributed by atoms with E-state index in [1.54, 1.807) is 29.2 Å². The number of halogens is 1. The Morgan fingerprint density at radius 1 is 1.00 bits per heavy atom. The molecule has 3 aromatic carbocycles. The zero-order valence-electron chi connectivity index (χ0n) is 18.2. The van der Waals surface area contributed by atoms with Gasteiger partial charge in [-0.25, -0.2) is 14.5 Å². The summed E-state index contributed by atoms with van der Waals surface area (Å²) in [4.78, 5) is 31.6. The molecule has 0 fully saturated rings. The van der Waals surface area contributed by atoms with Gasteiger partial charge >= 0.3 is 0 Å². The maximum atomic E-state index is 14.8. The molecule has 3 heterocycles. The first-order valence-electron chi connectivity index (χ1n) is 11.1. The molecule has 7 nitrogen and oxygen atoms in total. The predicted octanol–water partition coefficient (Wildman–Crippen LogP) is 3.66. The quantitative estimate of drug-likeness (QED) is 0.452. The Balaban J connectivity index is 1.30. The molecule has 168 valence electrons. The van der Waals surface area contributed by atoms with Gasteiger partial charge in [0, 0.05) is 24.9 Å². The van der Waals surface area contributed by atoms with Crippen molar-refractivity contribution in [3.05, 3.63) is 106 Å². The first-order chi connectivity index (χ1) is 16.6. The lowest BCUT2D eigenvalue weighted by molar-refractivity contribution is 0.0704. The van der Waals surface area contributed by atoms with Gasteiger partial charge in [-0.05, 0) is 35.9 Å². The number of imidazole rings is 1. The molecule has 0 atom stereocenters. The zero-order valence-corrected chi connectivity index (χ0v) is 18.2. The Morgan fingerprint density at radius 2 is 1.79 bits per heavy atom. The summed E-state index contributed by atoms with van der Waals surface area (Å²) in [5.74, 6) is -0.134. The Hall–Kier alpha value is -4.33. The number of nitrogens with zero attached hydrogens (tertiary/aromatic N) is 4. The predicted molar refractivity (Wildman–Crippen MR) is 126 cm³/mol. The molecule has 0 bridgehead atoms. The summed E-state index contributed by atoms with van der Waals surface area (Å²) in [7, 11) is 0. The number of H-pyrrole nitrogens is 1. The molecule has 1 aliphatic rings. The van der Waals surface area contributed by atoms with Crippen LogP contribution >= 0.6 is 0 Å². The van der Waals surface area contributed by atoms with E-state index in [1.807, 2.05) is 36.4 Å². The van der Waals surface area contributed by atoms with E-state index in [1.165, 1.54) is 6.07 Å². The molecule has 0 spiro atoms. The minimum atomic E-state index is -0.563. The summed E-state index contributed by atoms with van der Waals surface area (Å²) < 4.78 is 16.9. The molecular weight excluding hydrogens is 433 g/mol. The normalized spacial score (nSPS) is 13.4. The first-order valence-corrected chi connectivity index (χ1v) is 11.1. The zero-order chi connectivity index (χ0) is 23.2. The fourth-order valence-electron chi connectivity index (χ4n) is 4.66. The lowest BCUT2D eigenvalue weighted by atomic mass is 10.0. The highest BCUT2D eigenvalue weighted by Crippen LogP contribution is 2.24. The van der Waals surface area contributed by atoms with E-state index in [9.17, 15) is 14.0 Å². The van der Waals surface area contributed by atoms with Gasteiger partial charge < -0.3 is 9.47 Å². The van der Waals surface area contributed by atoms with Gasteiger partial charge in [0.15, 0.2) is 0 Å². The number of carbonyl (C=O) groups excluding carboxylic acids is 1. The molecule has 1 aliphatic heterocycles. The molecule has 5 aromatic rings. The Labute approximate surface area is 193 Å². The number of para-hydroxylation sites is 2. The second-order valence-corrected chi connectivity index (χ2v) is 8.43. The molecule has 0 aliphatic carbocycles. The molecule has 0 unspecified atom stereocenters. The van der Waals surface area contributed by atoms with Crippen LogP contribution in [-0.2, 0) is 19.5 Å². The summed E-state index contributed by atoms with van der Waals surface area (Å²) in [5.41, 5.74) is 3.09. The number of nitrogens with one attached hydrogen (secondary N) is 1. The van der Waals surface area contributed by atoms with Gasteiger partial charge in [0.2, 0.25) is 0 Å². The molecule has 1 N–H and O–H groups in total.